The molecule has 1 heterocycles. The Kier molecular flexibility index (Phi) is 4.28. The van der Waals surface area contributed by atoms with Crippen LogP contribution >= 0.6 is 0 Å². The predicted molar refractivity (Wildman–Crippen MR) is 69.1 cm³/mol. The topological polar surface area (TPSA) is 38.8 Å². The summed E-state index contributed by atoms with van der Waals surface area (Å²) in [5, 5.41) is 0. The number of hydrogen-bond donors (Lipinski definition) is 0. The second-order valence-corrected chi connectivity index (χ2v) is 5.94. The summed E-state index contributed by atoms with van der Waals surface area (Å²) in [5.41, 5.74) is 0. The van der Waals surface area contributed by atoms with Gasteiger partial charge in [0.2, 0.25) is 5.91 Å². The Hall–Kier alpha value is -0.610. The molecule has 1 spiro atoms. The van der Waals surface area contributed by atoms with Crippen molar-refractivity contribution >= 4 is 5.91 Å². The van der Waals surface area contributed by atoms with Crippen molar-refractivity contribution in [1.82, 2.24) is 4.90 Å². The maximum absolute atomic E-state index is 12.0. The molecule has 1 saturated carbocycles. The molecule has 0 unspecified atom stereocenters. The molecule has 1 saturated heterocycles. The average Bonchev–Trinajstić information content (AvgIpc) is 2.77. The summed E-state index contributed by atoms with van der Waals surface area (Å²) in [5.74, 6) is 0.369. The maximum Gasteiger partial charge on any atom is 0.222 e. The van der Waals surface area contributed by atoms with Crippen LogP contribution in [0.2, 0.25) is 0 Å². The molecule has 1 aliphatic heterocycles. The van der Waals surface area contributed by atoms with Gasteiger partial charge in [-0.3, -0.25) is 4.79 Å². The molecule has 0 aromatic rings. The van der Waals surface area contributed by atoms with E-state index in [0.29, 0.717) is 31.6 Å². The molecule has 1 amide bonds. The van der Waals surface area contributed by atoms with Gasteiger partial charge < -0.3 is 14.4 Å². The van der Waals surface area contributed by atoms with Gasteiger partial charge in [-0.05, 0) is 18.8 Å². The van der Waals surface area contributed by atoms with Gasteiger partial charge in [-0.15, -0.1) is 0 Å². The van der Waals surface area contributed by atoms with Crippen molar-refractivity contribution in [2.45, 2.75) is 57.8 Å². The van der Waals surface area contributed by atoms with Gasteiger partial charge in [0.05, 0.1) is 13.2 Å². The lowest BCUT2D eigenvalue weighted by atomic mass is 9.89. The number of amides is 1. The first-order valence-electron chi connectivity index (χ1n) is 7.06. The Morgan fingerprint density at radius 1 is 1.28 bits per heavy atom. The molecule has 18 heavy (non-hydrogen) atoms. The second-order valence-electron chi connectivity index (χ2n) is 5.94. The van der Waals surface area contributed by atoms with E-state index in [1.165, 1.54) is 0 Å². The lowest BCUT2D eigenvalue weighted by Gasteiger charge is -2.39. The monoisotopic (exact) mass is 255 g/mol. The van der Waals surface area contributed by atoms with Gasteiger partial charge in [0.15, 0.2) is 5.79 Å². The molecular weight excluding hydrogens is 230 g/mol. The number of carbonyl (C=O) groups is 1. The number of carbonyl (C=O) groups excluding carboxylic acids is 1. The zero-order chi connectivity index (χ0) is 13.2. The molecule has 0 radical (unpaired) electrons. The molecule has 4 nitrogen and oxygen atoms in total. The third-order valence-electron chi connectivity index (χ3n) is 4.05. The van der Waals surface area contributed by atoms with Crippen molar-refractivity contribution in [1.29, 1.82) is 0 Å². The lowest BCUT2D eigenvalue weighted by molar-refractivity contribution is -0.184. The smallest absolute Gasteiger partial charge is 0.222 e. The van der Waals surface area contributed by atoms with Crippen LogP contribution in [0.5, 0.6) is 0 Å². The van der Waals surface area contributed by atoms with Crippen LogP contribution in [0.3, 0.4) is 0 Å². The Morgan fingerprint density at radius 3 is 2.33 bits per heavy atom. The fourth-order valence-electron chi connectivity index (χ4n) is 2.91. The minimum atomic E-state index is -0.321. The third-order valence-corrected chi connectivity index (χ3v) is 4.05. The first-order valence-corrected chi connectivity index (χ1v) is 7.06. The van der Waals surface area contributed by atoms with E-state index >= 15 is 0 Å². The maximum atomic E-state index is 12.0. The molecule has 0 aromatic heterocycles. The number of hydrogen-bond acceptors (Lipinski definition) is 3. The highest BCUT2D eigenvalue weighted by molar-refractivity contribution is 5.76. The van der Waals surface area contributed by atoms with Crippen LogP contribution in [0.25, 0.3) is 0 Å². The number of rotatable bonds is 3. The van der Waals surface area contributed by atoms with E-state index in [4.69, 9.17) is 9.47 Å². The van der Waals surface area contributed by atoms with Crippen molar-refractivity contribution in [2.75, 3.05) is 20.3 Å². The minimum absolute atomic E-state index is 0.263. The van der Waals surface area contributed by atoms with Crippen molar-refractivity contribution in [2.24, 2.45) is 5.92 Å². The van der Waals surface area contributed by atoms with Crippen LogP contribution in [-0.4, -0.2) is 42.9 Å². The highest BCUT2D eigenvalue weighted by Crippen LogP contribution is 2.37. The van der Waals surface area contributed by atoms with E-state index in [2.05, 4.69) is 13.8 Å². The van der Waals surface area contributed by atoms with Gasteiger partial charge >= 0.3 is 0 Å². The highest BCUT2D eigenvalue weighted by atomic mass is 16.7. The minimum Gasteiger partial charge on any atom is -0.348 e. The van der Waals surface area contributed by atoms with Crippen molar-refractivity contribution in [3.63, 3.8) is 0 Å². The summed E-state index contributed by atoms with van der Waals surface area (Å²) in [6, 6.07) is 0.356. The first-order chi connectivity index (χ1) is 8.52. The molecule has 4 heteroatoms. The van der Waals surface area contributed by atoms with Crippen LogP contribution in [0.1, 0.15) is 46.0 Å². The van der Waals surface area contributed by atoms with E-state index < -0.39 is 0 Å². The van der Waals surface area contributed by atoms with Gasteiger partial charge in [-0.25, -0.2) is 0 Å². The summed E-state index contributed by atoms with van der Waals surface area (Å²) in [7, 11) is 1.93. The van der Waals surface area contributed by atoms with Gasteiger partial charge in [-0.2, -0.15) is 0 Å². The summed E-state index contributed by atoms with van der Waals surface area (Å²) >= 11 is 0. The van der Waals surface area contributed by atoms with Crippen molar-refractivity contribution in [3.8, 4) is 0 Å². The van der Waals surface area contributed by atoms with Crippen LogP contribution in [0.15, 0.2) is 0 Å². The standard InChI is InChI=1S/C14H25NO3/c1-11(2)10-13(16)15(3)12-4-6-14(7-5-12)17-8-9-18-14/h11-12H,4-10H2,1-3H3. The zero-order valence-electron chi connectivity index (χ0n) is 11.8. The predicted octanol–water partition coefficient (Wildman–Crippen LogP) is 2.18. The molecule has 2 rings (SSSR count). The van der Waals surface area contributed by atoms with Crippen molar-refractivity contribution in [3.05, 3.63) is 0 Å². The summed E-state index contributed by atoms with van der Waals surface area (Å²) in [6.07, 6.45) is 4.44. The van der Waals surface area contributed by atoms with E-state index in [0.717, 1.165) is 25.7 Å². The first kappa shape index (κ1) is 13.8. The van der Waals surface area contributed by atoms with Crippen LogP contribution in [0, 0.1) is 5.92 Å². The van der Waals surface area contributed by atoms with Crippen LogP contribution < -0.4 is 0 Å². The number of nitrogens with zero attached hydrogens (tertiary/aromatic N) is 1. The summed E-state index contributed by atoms with van der Waals surface area (Å²) in [4.78, 5) is 14.0. The molecule has 2 fully saturated rings. The Bertz CT molecular complexity index is 287. The summed E-state index contributed by atoms with van der Waals surface area (Å²) < 4.78 is 11.4. The number of ether oxygens (including phenoxy) is 2. The average molecular weight is 255 g/mol. The molecule has 2 aliphatic rings. The normalized spacial score (nSPS) is 23.8. The molecule has 0 N–H and O–H groups in total. The van der Waals surface area contributed by atoms with Crippen molar-refractivity contribution < 1.29 is 14.3 Å². The molecule has 1 aliphatic carbocycles. The second kappa shape index (κ2) is 5.57. The fraction of sp³-hybridized carbons (Fsp3) is 0.929. The summed E-state index contributed by atoms with van der Waals surface area (Å²) in [6.45, 7) is 5.60. The van der Waals surface area contributed by atoms with Crippen LogP contribution in [-0.2, 0) is 14.3 Å². The third kappa shape index (κ3) is 3.04. The van der Waals surface area contributed by atoms with Crippen LogP contribution in [0.4, 0.5) is 0 Å². The van der Waals surface area contributed by atoms with Gasteiger partial charge in [0, 0.05) is 32.4 Å². The molecule has 0 aromatic carbocycles. The molecule has 0 atom stereocenters. The quantitative estimate of drug-likeness (QED) is 0.776. The Balaban J connectivity index is 1.83. The highest BCUT2D eigenvalue weighted by Gasteiger charge is 2.41. The molecule has 0 bridgehead atoms. The largest absolute Gasteiger partial charge is 0.348 e. The zero-order valence-corrected chi connectivity index (χ0v) is 11.8. The Morgan fingerprint density at radius 2 is 1.83 bits per heavy atom. The van der Waals surface area contributed by atoms with E-state index in [1.807, 2.05) is 11.9 Å². The lowest BCUT2D eigenvalue weighted by Crippen LogP contribution is -2.45. The molecular formula is C14H25NO3. The fourth-order valence-corrected chi connectivity index (χ4v) is 2.91. The van der Waals surface area contributed by atoms with Gasteiger partial charge in [0.1, 0.15) is 0 Å². The molecule has 104 valence electrons. The SMILES string of the molecule is CC(C)CC(=O)N(C)C1CCC2(CC1)OCCO2. The van der Waals surface area contributed by atoms with E-state index in [1.54, 1.807) is 0 Å². The van der Waals surface area contributed by atoms with E-state index in [-0.39, 0.29) is 11.7 Å². The Labute approximate surface area is 110 Å². The van der Waals surface area contributed by atoms with E-state index in [9.17, 15) is 4.79 Å². The van der Waals surface area contributed by atoms with Gasteiger partial charge in [0.25, 0.3) is 0 Å². The van der Waals surface area contributed by atoms with Gasteiger partial charge in [-0.1, -0.05) is 13.8 Å².